The quantitative estimate of drug-likeness (QED) is 0.677. The smallest absolute Gasteiger partial charge is 0.318 e. The molecule has 0 atom stereocenters. The Bertz CT molecular complexity index is 685. The molecule has 20 heavy (non-hydrogen) atoms. The molecule has 0 saturated carbocycles. The van der Waals surface area contributed by atoms with Gasteiger partial charge in [-0.15, -0.1) is 0 Å². The van der Waals surface area contributed by atoms with Crippen molar-refractivity contribution in [2.24, 2.45) is 0 Å². The Morgan fingerprint density at radius 3 is 2.25 bits per heavy atom. The van der Waals surface area contributed by atoms with E-state index >= 15 is 0 Å². The van der Waals surface area contributed by atoms with Crippen LogP contribution in [0, 0.1) is 20.2 Å². The molecule has 2 aromatic carbocycles. The third kappa shape index (κ3) is 2.64. The number of benzene rings is 2. The minimum Gasteiger partial charge on any atom is -0.504 e. The number of nitro groups is 2. The molecule has 0 aliphatic carbocycles. The van der Waals surface area contributed by atoms with Crippen molar-refractivity contribution in [3.05, 3.63) is 62.7 Å². The van der Waals surface area contributed by atoms with E-state index < -0.39 is 21.2 Å². The van der Waals surface area contributed by atoms with Gasteiger partial charge in [0.25, 0.3) is 5.69 Å². The Morgan fingerprint density at radius 1 is 0.950 bits per heavy atom. The summed E-state index contributed by atoms with van der Waals surface area (Å²) in [7, 11) is 0. The second-order valence-corrected chi connectivity index (χ2v) is 3.74. The number of phenolic OH excluding ortho intramolecular Hbond substituents is 1. The number of nitro benzene ring substituents is 2. The van der Waals surface area contributed by atoms with Gasteiger partial charge in [-0.2, -0.15) is 0 Å². The predicted octanol–water partition coefficient (Wildman–Crippen LogP) is 3.00. The Hall–Kier alpha value is -3.16. The number of rotatable bonds is 4. The fourth-order valence-electron chi connectivity index (χ4n) is 1.51. The van der Waals surface area contributed by atoms with Crippen molar-refractivity contribution in [1.82, 2.24) is 0 Å². The molecule has 8 nitrogen and oxygen atoms in total. The van der Waals surface area contributed by atoms with Crippen LogP contribution in [0.1, 0.15) is 0 Å². The van der Waals surface area contributed by atoms with Gasteiger partial charge in [-0.1, -0.05) is 12.1 Å². The van der Waals surface area contributed by atoms with Crippen molar-refractivity contribution in [2.75, 3.05) is 0 Å². The van der Waals surface area contributed by atoms with Crippen LogP contribution in [0.5, 0.6) is 17.2 Å². The minimum absolute atomic E-state index is 0.0180. The summed E-state index contributed by atoms with van der Waals surface area (Å²) in [6, 6.07) is 8.91. The van der Waals surface area contributed by atoms with Gasteiger partial charge in [-0.3, -0.25) is 20.2 Å². The maximum Gasteiger partial charge on any atom is 0.318 e. The summed E-state index contributed by atoms with van der Waals surface area (Å²) < 4.78 is 5.22. The molecule has 0 radical (unpaired) electrons. The molecule has 0 fully saturated rings. The average molecular weight is 276 g/mol. The van der Waals surface area contributed by atoms with Crippen LogP contribution in [0.25, 0.3) is 0 Å². The second-order valence-electron chi connectivity index (χ2n) is 3.74. The first-order chi connectivity index (χ1) is 9.49. The molecule has 2 aromatic rings. The van der Waals surface area contributed by atoms with Crippen molar-refractivity contribution in [2.45, 2.75) is 0 Å². The Kier molecular flexibility index (Phi) is 3.47. The summed E-state index contributed by atoms with van der Waals surface area (Å²) >= 11 is 0. The fraction of sp³-hybridized carbons (Fsp3) is 0. The highest BCUT2D eigenvalue weighted by molar-refractivity contribution is 5.55. The molecule has 1 N–H and O–H groups in total. The Balaban J connectivity index is 2.44. The zero-order valence-electron chi connectivity index (χ0n) is 9.92. The summed E-state index contributed by atoms with van der Waals surface area (Å²) in [5.74, 6) is -0.369. The van der Waals surface area contributed by atoms with E-state index in [1.807, 2.05) is 0 Å². The SMILES string of the molecule is O=[N+]([O-])c1ccc(Oc2ccccc2O)c([N+](=O)[O-])c1. The van der Waals surface area contributed by atoms with Crippen molar-refractivity contribution < 1.29 is 19.7 Å². The van der Waals surface area contributed by atoms with E-state index in [1.165, 1.54) is 12.1 Å². The molecule has 0 aliphatic heterocycles. The van der Waals surface area contributed by atoms with Crippen LogP contribution < -0.4 is 4.74 Å². The van der Waals surface area contributed by atoms with Gasteiger partial charge in [-0.05, 0) is 18.2 Å². The molecule has 0 aromatic heterocycles. The van der Waals surface area contributed by atoms with E-state index in [9.17, 15) is 25.3 Å². The predicted molar refractivity (Wildman–Crippen MR) is 67.9 cm³/mol. The Morgan fingerprint density at radius 2 is 1.65 bits per heavy atom. The van der Waals surface area contributed by atoms with Gasteiger partial charge < -0.3 is 9.84 Å². The van der Waals surface area contributed by atoms with E-state index in [0.29, 0.717) is 0 Å². The summed E-state index contributed by atoms with van der Waals surface area (Å²) in [6.07, 6.45) is 0. The van der Waals surface area contributed by atoms with Crippen LogP contribution in [0.2, 0.25) is 0 Å². The normalized spacial score (nSPS) is 10.0. The minimum atomic E-state index is -0.789. The molecule has 0 aliphatic rings. The fourth-order valence-corrected chi connectivity index (χ4v) is 1.51. The van der Waals surface area contributed by atoms with Crippen LogP contribution in [0.4, 0.5) is 11.4 Å². The summed E-state index contributed by atoms with van der Waals surface area (Å²) in [4.78, 5) is 20.0. The molecular formula is C12H8N2O6. The van der Waals surface area contributed by atoms with Crippen LogP contribution in [0.3, 0.4) is 0 Å². The molecule has 2 rings (SSSR count). The van der Waals surface area contributed by atoms with E-state index in [4.69, 9.17) is 4.74 Å². The number of para-hydroxylation sites is 2. The lowest BCUT2D eigenvalue weighted by Gasteiger charge is -2.07. The second kappa shape index (κ2) is 5.22. The van der Waals surface area contributed by atoms with Gasteiger partial charge in [0.2, 0.25) is 5.75 Å². The van der Waals surface area contributed by atoms with Gasteiger partial charge in [0.15, 0.2) is 11.5 Å². The highest BCUT2D eigenvalue weighted by Crippen LogP contribution is 2.37. The lowest BCUT2D eigenvalue weighted by atomic mass is 10.2. The Labute approximate surface area is 112 Å². The standard InChI is InChI=1S/C12H8N2O6/c15-10-3-1-2-4-12(10)20-11-6-5-8(13(16)17)7-9(11)14(18)19/h1-7,15H. The van der Waals surface area contributed by atoms with Crippen molar-refractivity contribution >= 4 is 11.4 Å². The van der Waals surface area contributed by atoms with Crippen LogP contribution in [-0.2, 0) is 0 Å². The largest absolute Gasteiger partial charge is 0.504 e. The molecule has 102 valence electrons. The van der Waals surface area contributed by atoms with Gasteiger partial charge in [0, 0.05) is 6.07 Å². The number of hydrogen-bond donors (Lipinski definition) is 1. The zero-order valence-corrected chi connectivity index (χ0v) is 9.92. The van der Waals surface area contributed by atoms with E-state index in [2.05, 4.69) is 0 Å². The van der Waals surface area contributed by atoms with Crippen molar-refractivity contribution in [3.8, 4) is 17.2 Å². The number of ether oxygens (including phenoxy) is 1. The third-order valence-corrected chi connectivity index (χ3v) is 2.44. The number of aromatic hydroxyl groups is 1. The number of nitrogens with zero attached hydrogens (tertiary/aromatic N) is 2. The third-order valence-electron chi connectivity index (χ3n) is 2.44. The van der Waals surface area contributed by atoms with Crippen molar-refractivity contribution in [1.29, 1.82) is 0 Å². The van der Waals surface area contributed by atoms with Gasteiger partial charge in [0.1, 0.15) is 0 Å². The topological polar surface area (TPSA) is 116 Å². The van der Waals surface area contributed by atoms with E-state index in [0.717, 1.165) is 18.2 Å². The number of hydrogen-bond acceptors (Lipinski definition) is 6. The number of phenols is 1. The van der Waals surface area contributed by atoms with E-state index in [1.54, 1.807) is 12.1 Å². The monoisotopic (exact) mass is 276 g/mol. The first-order valence-electron chi connectivity index (χ1n) is 5.37. The first-order valence-corrected chi connectivity index (χ1v) is 5.37. The molecule has 8 heteroatoms. The summed E-state index contributed by atoms with van der Waals surface area (Å²) in [5.41, 5.74) is -0.969. The van der Waals surface area contributed by atoms with Crippen LogP contribution in [-0.4, -0.2) is 15.0 Å². The maximum atomic E-state index is 10.9. The van der Waals surface area contributed by atoms with E-state index in [-0.39, 0.29) is 17.2 Å². The zero-order chi connectivity index (χ0) is 14.7. The van der Waals surface area contributed by atoms with Gasteiger partial charge in [-0.25, -0.2) is 0 Å². The van der Waals surface area contributed by atoms with Crippen molar-refractivity contribution in [3.63, 3.8) is 0 Å². The maximum absolute atomic E-state index is 10.9. The summed E-state index contributed by atoms with van der Waals surface area (Å²) in [5, 5.41) is 31.1. The first kappa shape index (κ1) is 13.3. The molecule has 0 spiro atoms. The average Bonchev–Trinajstić information content (AvgIpc) is 2.41. The molecule has 0 saturated heterocycles. The highest BCUT2D eigenvalue weighted by atomic mass is 16.6. The lowest BCUT2D eigenvalue weighted by molar-refractivity contribution is -0.394. The van der Waals surface area contributed by atoms with Gasteiger partial charge in [0.05, 0.1) is 15.9 Å². The van der Waals surface area contributed by atoms with Crippen LogP contribution >= 0.6 is 0 Å². The molecule has 0 amide bonds. The molecular weight excluding hydrogens is 268 g/mol. The van der Waals surface area contributed by atoms with Gasteiger partial charge >= 0.3 is 5.69 Å². The lowest BCUT2D eigenvalue weighted by Crippen LogP contribution is -1.96. The molecule has 0 unspecified atom stereocenters. The highest BCUT2D eigenvalue weighted by Gasteiger charge is 2.21. The number of non-ortho nitro benzene ring substituents is 1. The van der Waals surface area contributed by atoms with Crippen LogP contribution in [0.15, 0.2) is 42.5 Å². The molecule has 0 heterocycles. The molecule has 0 bridgehead atoms. The summed E-state index contributed by atoms with van der Waals surface area (Å²) in [6.45, 7) is 0.